The van der Waals surface area contributed by atoms with Crippen LogP contribution >= 0.6 is 0 Å². The molecule has 0 unspecified atom stereocenters. The summed E-state index contributed by atoms with van der Waals surface area (Å²) in [4.78, 5) is 0. The van der Waals surface area contributed by atoms with Crippen molar-refractivity contribution in [3.8, 4) is 0 Å². The number of benzene rings is 1. The molecule has 0 heterocycles. The summed E-state index contributed by atoms with van der Waals surface area (Å²) in [6.07, 6.45) is -2.50. The number of rotatable bonds is 7. The molecule has 0 bridgehead atoms. The van der Waals surface area contributed by atoms with Gasteiger partial charge in [-0.1, -0.05) is 24.3 Å². The molecule has 0 spiro atoms. The predicted molar refractivity (Wildman–Crippen MR) is 62.2 cm³/mol. The van der Waals surface area contributed by atoms with Gasteiger partial charge in [-0.25, -0.2) is 8.78 Å². The number of nitrogens with one attached hydrogen (secondary N) is 1. The van der Waals surface area contributed by atoms with Crippen molar-refractivity contribution in [2.24, 2.45) is 0 Å². The lowest BCUT2D eigenvalue weighted by molar-refractivity contribution is 0.0414. The summed E-state index contributed by atoms with van der Waals surface area (Å²) in [5.41, 5.74) is -0.503. The molecule has 1 aromatic rings. The van der Waals surface area contributed by atoms with Crippen LogP contribution in [0.5, 0.6) is 0 Å². The van der Waals surface area contributed by atoms with Crippen LogP contribution in [0.1, 0.15) is 17.6 Å². The molecule has 0 saturated carbocycles. The molecular formula is C12H17F2NO3. The summed E-state index contributed by atoms with van der Waals surface area (Å²) in [6, 6.07) is 5.71. The van der Waals surface area contributed by atoms with Crippen LogP contribution in [0.2, 0.25) is 0 Å². The lowest BCUT2D eigenvalue weighted by atomic mass is 10.0. The third kappa shape index (κ3) is 3.71. The predicted octanol–water partition coefficient (Wildman–Crippen LogP) is 0.429. The second-order valence-corrected chi connectivity index (χ2v) is 4.15. The van der Waals surface area contributed by atoms with Gasteiger partial charge < -0.3 is 20.6 Å². The average Bonchev–Trinajstić information content (AvgIpc) is 2.41. The van der Waals surface area contributed by atoms with Crippen LogP contribution < -0.4 is 5.32 Å². The van der Waals surface area contributed by atoms with Crippen molar-refractivity contribution in [1.82, 2.24) is 5.32 Å². The van der Waals surface area contributed by atoms with Crippen molar-refractivity contribution in [3.63, 3.8) is 0 Å². The number of aliphatic hydroxyl groups is 3. The fraction of sp³-hybridized carbons (Fsp3) is 0.500. The molecule has 0 aliphatic heterocycles. The molecule has 0 atom stereocenters. The summed E-state index contributed by atoms with van der Waals surface area (Å²) < 4.78 is 24.6. The van der Waals surface area contributed by atoms with E-state index in [9.17, 15) is 8.78 Å². The topological polar surface area (TPSA) is 72.7 Å². The van der Waals surface area contributed by atoms with E-state index in [4.69, 9.17) is 15.3 Å². The summed E-state index contributed by atoms with van der Waals surface area (Å²) in [7, 11) is 0. The maximum atomic E-state index is 12.3. The van der Waals surface area contributed by atoms with Gasteiger partial charge in [0.25, 0.3) is 6.43 Å². The first-order valence-electron chi connectivity index (χ1n) is 5.51. The Morgan fingerprint density at radius 1 is 1.00 bits per heavy atom. The Labute approximate surface area is 104 Å². The van der Waals surface area contributed by atoms with Gasteiger partial charge in [-0.3, -0.25) is 0 Å². The van der Waals surface area contributed by atoms with Gasteiger partial charge in [-0.2, -0.15) is 0 Å². The average molecular weight is 261 g/mol. The van der Waals surface area contributed by atoms with Crippen molar-refractivity contribution < 1.29 is 24.1 Å². The molecule has 0 aromatic heterocycles. The molecule has 0 radical (unpaired) electrons. The van der Waals surface area contributed by atoms with Gasteiger partial charge in [0.15, 0.2) is 0 Å². The molecule has 18 heavy (non-hydrogen) atoms. The lowest BCUT2D eigenvalue weighted by Crippen LogP contribution is -2.54. The first-order valence-corrected chi connectivity index (χ1v) is 5.51. The van der Waals surface area contributed by atoms with E-state index < -0.39 is 31.8 Å². The van der Waals surface area contributed by atoms with Gasteiger partial charge in [0.05, 0.1) is 25.4 Å². The zero-order valence-corrected chi connectivity index (χ0v) is 9.81. The van der Waals surface area contributed by atoms with Crippen molar-refractivity contribution in [2.75, 3.05) is 19.8 Å². The SMILES string of the molecule is OCC(CO)(CO)NCc1ccc(C(F)F)cc1. The molecule has 0 saturated heterocycles. The van der Waals surface area contributed by atoms with Gasteiger partial charge >= 0.3 is 0 Å². The molecule has 1 rings (SSSR count). The minimum atomic E-state index is -2.50. The van der Waals surface area contributed by atoms with Crippen LogP contribution in [0.15, 0.2) is 24.3 Å². The largest absolute Gasteiger partial charge is 0.394 e. The van der Waals surface area contributed by atoms with Crippen LogP contribution in [0.25, 0.3) is 0 Å². The highest BCUT2D eigenvalue weighted by atomic mass is 19.3. The number of halogens is 2. The Morgan fingerprint density at radius 3 is 1.89 bits per heavy atom. The van der Waals surface area contributed by atoms with E-state index >= 15 is 0 Å². The molecule has 4 nitrogen and oxygen atoms in total. The van der Waals surface area contributed by atoms with E-state index in [-0.39, 0.29) is 12.1 Å². The van der Waals surface area contributed by atoms with E-state index in [0.717, 1.165) is 5.56 Å². The molecule has 102 valence electrons. The number of aliphatic hydroxyl groups excluding tert-OH is 3. The van der Waals surface area contributed by atoms with E-state index in [2.05, 4.69) is 5.32 Å². The molecule has 0 aliphatic rings. The fourth-order valence-electron chi connectivity index (χ4n) is 1.39. The van der Waals surface area contributed by atoms with Crippen molar-refractivity contribution in [1.29, 1.82) is 0 Å². The van der Waals surface area contributed by atoms with E-state index in [1.807, 2.05) is 0 Å². The third-order valence-electron chi connectivity index (χ3n) is 2.81. The van der Waals surface area contributed by atoms with Gasteiger partial charge in [0.1, 0.15) is 0 Å². The smallest absolute Gasteiger partial charge is 0.263 e. The molecule has 1 aromatic carbocycles. The van der Waals surface area contributed by atoms with Gasteiger partial charge in [-0.15, -0.1) is 0 Å². The Balaban J connectivity index is 2.62. The minimum absolute atomic E-state index is 0.0588. The maximum absolute atomic E-state index is 12.3. The minimum Gasteiger partial charge on any atom is -0.394 e. The summed E-state index contributed by atoms with van der Waals surface area (Å²) in [5, 5.41) is 30.1. The molecule has 0 amide bonds. The monoisotopic (exact) mass is 261 g/mol. The highest BCUT2D eigenvalue weighted by Gasteiger charge is 2.26. The molecule has 6 heteroatoms. The normalized spacial score (nSPS) is 12.1. The molecule has 0 fully saturated rings. The lowest BCUT2D eigenvalue weighted by Gasteiger charge is -2.28. The molecule has 0 aliphatic carbocycles. The van der Waals surface area contributed by atoms with Crippen LogP contribution in [-0.4, -0.2) is 40.7 Å². The summed E-state index contributed by atoms with van der Waals surface area (Å²) in [6.45, 7) is -1.01. The van der Waals surface area contributed by atoms with Gasteiger partial charge in [0.2, 0.25) is 0 Å². The van der Waals surface area contributed by atoms with Crippen molar-refractivity contribution in [3.05, 3.63) is 35.4 Å². The molecule has 4 N–H and O–H groups in total. The van der Waals surface area contributed by atoms with Crippen LogP contribution in [-0.2, 0) is 6.54 Å². The first kappa shape index (κ1) is 15.0. The Hall–Kier alpha value is -1.08. The summed E-state index contributed by atoms with van der Waals surface area (Å²) in [5.74, 6) is 0. The third-order valence-corrected chi connectivity index (χ3v) is 2.81. The van der Waals surface area contributed by atoms with Gasteiger partial charge in [-0.05, 0) is 5.56 Å². The first-order chi connectivity index (χ1) is 8.56. The van der Waals surface area contributed by atoms with Crippen LogP contribution in [0, 0.1) is 0 Å². The second kappa shape index (κ2) is 6.75. The number of hydrogen-bond donors (Lipinski definition) is 4. The fourth-order valence-corrected chi connectivity index (χ4v) is 1.39. The van der Waals surface area contributed by atoms with E-state index in [0.29, 0.717) is 0 Å². The number of hydrogen-bond acceptors (Lipinski definition) is 4. The number of alkyl halides is 2. The molecular weight excluding hydrogens is 244 g/mol. The van der Waals surface area contributed by atoms with Crippen LogP contribution in [0.4, 0.5) is 8.78 Å². The highest BCUT2D eigenvalue weighted by Crippen LogP contribution is 2.18. The van der Waals surface area contributed by atoms with Crippen molar-refractivity contribution in [2.45, 2.75) is 18.5 Å². The zero-order valence-electron chi connectivity index (χ0n) is 9.81. The Morgan fingerprint density at radius 2 is 1.50 bits per heavy atom. The van der Waals surface area contributed by atoms with Gasteiger partial charge in [0, 0.05) is 12.1 Å². The van der Waals surface area contributed by atoms with Crippen LogP contribution in [0.3, 0.4) is 0 Å². The van der Waals surface area contributed by atoms with E-state index in [1.54, 1.807) is 0 Å². The van der Waals surface area contributed by atoms with Crippen molar-refractivity contribution >= 4 is 0 Å². The highest BCUT2D eigenvalue weighted by molar-refractivity contribution is 5.23. The Bertz CT molecular complexity index is 345. The quantitative estimate of drug-likeness (QED) is 0.574. The van der Waals surface area contributed by atoms with E-state index in [1.165, 1.54) is 24.3 Å². The summed E-state index contributed by atoms with van der Waals surface area (Å²) >= 11 is 0. The standard InChI is InChI=1S/C12H17F2NO3/c13-11(14)10-3-1-9(2-4-10)5-15-12(6-16,7-17)8-18/h1-4,11,15-18H,5-8H2. The Kier molecular flexibility index (Phi) is 5.61. The maximum Gasteiger partial charge on any atom is 0.263 e. The second-order valence-electron chi connectivity index (χ2n) is 4.15. The zero-order chi connectivity index (χ0) is 13.6.